The maximum Gasteiger partial charge on any atom is 0.253 e. The van der Waals surface area contributed by atoms with E-state index < -0.39 is 0 Å². The summed E-state index contributed by atoms with van der Waals surface area (Å²) >= 11 is 3.50. The average molecular weight is 348 g/mol. The van der Waals surface area contributed by atoms with Gasteiger partial charge >= 0.3 is 0 Å². The van der Waals surface area contributed by atoms with Crippen LogP contribution in [0.5, 0.6) is 0 Å². The van der Waals surface area contributed by atoms with Crippen LogP contribution in [0, 0.1) is 0 Å². The van der Waals surface area contributed by atoms with Gasteiger partial charge < -0.3 is 11.1 Å². The van der Waals surface area contributed by atoms with Crippen molar-refractivity contribution in [3.8, 4) is 0 Å². The van der Waals surface area contributed by atoms with Crippen molar-refractivity contribution in [3.05, 3.63) is 34.6 Å². The molecule has 1 aromatic carbocycles. The normalized spacial score (nSPS) is 16.0. The summed E-state index contributed by atoms with van der Waals surface area (Å²) in [5.74, 6) is -0.0844. The Labute approximate surface area is 132 Å². The molecule has 0 radical (unpaired) electrons. The molecule has 4 nitrogen and oxygen atoms in total. The van der Waals surface area contributed by atoms with E-state index in [9.17, 15) is 4.79 Å². The molecule has 1 fully saturated rings. The van der Waals surface area contributed by atoms with Gasteiger partial charge in [-0.15, -0.1) is 0 Å². The zero-order chi connectivity index (χ0) is 14.8. The van der Waals surface area contributed by atoms with Gasteiger partial charge in [0.05, 0.1) is 11.3 Å². The van der Waals surface area contributed by atoms with Crippen LogP contribution in [0.1, 0.15) is 42.5 Å². The van der Waals surface area contributed by atoms with Gasteiger partial charge in [0.15, 0.2) is 0 Å². The van der Waals surface area contributed by atoms with Crippen LogP contribution < -0.4 is 11.1 Å². The molecule has 0 atom stereocenters. The number of amides is 1. The third-order valence-electron chi connectivity index (χ3n) is 4.11. The number of hydrogen-bond donors (Lipinski definition) is 2. The second-order valence-corrected chi connectivity index (χ2v) is 6.40. The fourth-order valence-electron chi connectivity index (χ4n) is 2.94. The number of nitrogens with two attached hydrogens (primary N) is 1. The van der Waals surface area contributed by atoms with Gasteiger partial charge in [-0.25, -0.2) is 0 Å². The molecule has 3 N–H and O–H groups in total. The number of nitrogens with one attached hydrogen (secondary N) is 1. The maximum atomic E-state index is 12.5. The summed E-state index contributed by atoms with van der Waals surface area (Å²) in [4.78, 5) is 16.6. The molecule has 21 heavy (non-hydrogen) atoms. The second kappa shape index (κ2) is 6.02. The number of rotatable bonds is 2. The van der Waals surface area contributed by atoms with E-state index in [1.807, 2.05) is 6.07 Å². The van der Waals surface area contributed by atoms with Gasteiger partial charge in [0.25, 0.3) is 5.91 Å². The third kappa shape index (κ3) is 2.88. The van der Waals surface area contributed by atoms with Crippen LogP contribution in [0.4, 0.5) is 5.69 Å². The minimum atomic E-state index is -0.0844. The zero-order valence-electron chi connectivity index (χ0n) is 11.7. The molecule has 1 aromatic heterocycles. The Morgan fingerprint density at radius 1 is 1.29 bits per heavy atom. The van der Waals surface area contributed by atoms with E-state index in [1.54, 1.807) is 18.5 Å². The molecule has 0 aliphatic heterocycles. The molecule has 1 saturated carbocycles. The van der Waals surface area contributed by atoms with Crippen LogP contribution >= 0.6 is 15.9 Å². The zero-order valence-corrected chi connectivity index (χ0v) is 13.3. The molecule has 0 saturated heterocycles. The van der Waals surface area contributed by atoms with Crippen molar-refractivity contribution in [1.82, 2.24) is 10.3 Å². The first-order chi connectivity index (χ1) is 10.2. The number of carbonyl (C=O) groups is 1. The number of fused-ring (bicyclic) bond motifs is 1. The van der Waals surface area contributed by atoms with Gasteiger partial charge in [0.2, 0.25) is 0 Å². The van der Waals surface area contributed by atoms with Crippen LogP contribution in [-0.2, 0) is 0 Å². The summed E-state index contributed by atoms with van der Waals surface area (Å²) < 4.78 is 0.841. The summed E-state index contributed by atoms with van der Waals surface area (Å²) in [5.41, 5.74) is 7.24. The number of anilines is 1. The first kappa shape index (κ1) is 14.3. The highest BCUT2D eigenvalue weighted by Crippen LogP contribution is 2.31. The van der Waals surface area contributed by atoms with Crippen LogP contribution in [0.2, 0.25) is 0 Å². The van der Waals surface area contributed by atoms with E-state index in [2.05, 4.69) is 26.2 Å². The summed E-state index contributed by atoms with van der Waals surface area (Å²) in [6, 6.07) is 3.90. The predicted octanol–water partition coefficient (Wildman–Crippen LogP) is 3.64. The van der Waals surface area contributed by atoms with Crippen molar-refractivity contribution in [2.45, 2.75) is 38.1 Å². The van der Waals surface area contributed by atoms with Crippen LogP contribution in [0.3, 0.4) is 0 Å². The fraction of sp³-hybridized carbons (Fsp3) is 0.375. The number of nitrogens with zero attached hydrogens (tertiary/aromatic N) is 1. The smallest absolute Gasteiger partial charge is 0.253 e. The van der Waals surface area contributed by atoms with E-state index in [4.69, 9.17) is 5.73 Å². The molecule has 1 aliphatic carbocycles. The second-order valence-electron chi connectivity index (χ2n) is 5.55. The van der Waals surface area contributed by atoms with Crippen molar-refractivity contribution in [2.75, 3.05) is 5.73 Å². The number of hydrogen-bond acceptors (Lipinski definition) is 3. The lowest BCUT2D eigenvalue weighted by atomic mass is 9.95. The number of benzene rings is 1. The Bertz CT molecular complexity index is 681. The lowest BCUT2D eigenvalue weighted by Gasteiger charge is -2.23. The highest BCUT2D eigenvalue weighted by molar-refractivity contribution is 9.10. The monoisotopic (exact) mass is 347 g/mol. The molecule has 1 aliphatic rings. The first-order valence-electron chi connectivity index (χ1n) is 7.29. The quantitative estimate of drug-likeness (QED) is 0.814. The van der Waals surface area contributed by atoms with Crippen LogP contribution in [0.15, 0.2) is 29.0 Å². The van der Waals surface area contributed by atoms with Gasteiger partial charge in [-0.05, 0) is 25.0 Å². The highest BCUT2D eigenvalue weighted by atomic mass is 79.9. The Kier molecular flexibility index (Phi) is 4.10. The van der Waals surface area contributed by atoms with E-state index in [0.29, 0.717) is 11.3 Å². The van der Waals surface area contributed by atoms with Crippen molar-refractivity contribution >= 4 is 38.3 Å². The Morgan fingerprint density at radius 2 is 2.05 bits per heavy atom. The number of nitrogen functional groups attached to an aromatic ring is 1. The van der Waals surface area contributed by atoms with Gasteiger partial charge in [-0.1, -0.05) is 35.2 Å². The van der Waals surface area contributed by atoms with Crippen molar-refractivity contribution < 1.29 is 4.79 Å². The average Bonchev–Trinajstić information content (AvgIpc) is 2.52. The molecular weight excluding hydrogens is 330 g/mol. The fourth-order valence-corrected chi connectivity index (χ4v) is 3.49. The minimum absolute atomic E-state index is 0.0844. The van der Waals surface area contributed by atoms with E-state index >= 15 is 0 Å². The van der Waals surface area contributed by atoms with E-state index in [1.165, 1.54) is 19.3 Å². The molecular formula is C16H18BrN3O. The van der Waals surface area contributed by atoms with Gasteiger partial charge in [-0.2, -0.15) is 0 Å². The van der Waals surface area contributed by atoms with Crippen molar-refractivity contribution in [2.24, 2.45) is 0 Å². The van der Waals surface area contributed by atoms with E-state index in [-0.39, 0.29) is 11.9 Å². The van der Waals surface area contributed by atoms with Crippen molar-refractivity contribution in [1.29, 1.82) is 0 Å². The first-order valence-corrected chi connectivity index (χ1v) is 8.08. The maximum absolute atomic E-state index is 12.5. The molecule has 0 unspecified atom stereocenters. The molecule has 0 bridgehead atoms. The topological polar surface area (TPSA) is 68.0 Å². The summed E-state index contributed by atoms with van der Waals surface area (Å²) in [5, 5.41) is 4.89. The van der Waals surface area contributed by atoms with Gasteiger partial charge in [0.1, 0.15) is 0 Å². The Balaban J connectivity index is 1.92. The Morgan fingerprint density at radius 3 is 2.81 bits per heavy atom. The van der Waals surface area contributed by atoms with Crippen molar-refractivity contribution in [3.63, 3.8) is 0 Å². The number of pyridine rings is 1. The summed E-state index contributed by atoms with van der Waals surface area (Å²) in [6.45, 7) is 0. The van der Waals surface area contributed by atoms with Crippen LogP contribution in [-0.4, -0.2) is 16.9 Å². The molecule has 1 heterocycles. The predicted molar refractivity (Wildman–Crippen MR) is 88.2 cm³/mol. The molecule has 3 rings (SSSR count). The number of aromatic nitrogens is 1. The molecule has 2 aromatic rings. The summed E-state index contributed by atoms with van der Waals surface area (Å²) in [7, 11) is 0. The SMILES string of the molecule is Nc1c(C(=O)NC2CCCCC2)cc(Br)c2cnccc12. The van der Waals surface area contributed by atoms with Gasteiger partial charge in [-0.3, -0.25) is 9.78 Å². The number of halogens is 1. The number of carbonyl (C=O) groups excluding carboxylic acids is 1. The molecule has 0 spiro atoms. The minimum Gasteiger partial charge on any atom is -0.398 e. The lowest BCUT2D eigenvalue weighted by Crippen LogP contribution is -2.36. The molecule has 5 heteroatoms. The highest BCUT2D eigenvalue weighted by Gasteiger charge is 2.19. The standard InChI is InChI=1S/C16H18BrN3O/c17-14-8-12(15(18)11-6-7-19-9-13(11)14)16(21)20-10-4-2-1-3-5-10/h6-10H,1-5,18H2,(H,20,21). The Hall–Kier alpha value is -1.62. The molecule has 110 valence electrons. The largest absolute Gasteiger partial charge is 0.398 e. The van der Waals surface area contributed by atoms with Gasteiger partial charge in [0, 0.05) is 33.7 Å². The van der Waals surface area contributed by atoms with E-state index in [0.717, 1.165) is 28.1 Å². The van der Waals surface area contributed by atoms with Crippen LogP contribution in [0.25, 0.3) is 10.8 Å². The third-order valence-corrected chi connectivity index (χ3v) is 4.77. The lowest BCUT2D eigenvalue weighted by molar-refractivity contribution is 0.0928. The summed E-state index contributed by atoms with van der Waals surface area (Å²) in [6.07, 6.45) is 9.20. The molecule has 1 amide bonds.